The summed E-state index contributed by atoms with van der Waals surface area (Å²) in [5, 5.41) is 9.39. The minimum Gasteiger partial charge on any atom is -0.352 e. The maximum absolute atomic E-state index is 12.6. The Hall–Kier alpha value is -1.89. The van der Waals surface area contributed by atoms with Gasteiger partial charge in [0.15, 0.2) is 0 Å². The minimum atomic E-state index is 0.115. The molecule has 2 aromatic rings. The van der Waals surface area contributed by atoms with Gasteiger partial charge in [0, 0.05) is 35.8 Å². The number of carbonyl (C=O) groups is 1. The summed E-state index contributed by atoms with van der Waals surface area (Å²) in [4.78, 5) is 20.8. The van der Waals surface area contributed by atoms with Crippen molar-refractivity contribution in [3.05, 3.63) is 27.3 Å². The van der Waals surface area contributed by atoms with E-state index in [-0.39, 0.29) is 5.91 Å². The van der Waals surface area contributed by atoms with Gasteiger partial charge in [0.1, 0.15) is 0 Å². The second-order valence-corrected chi connectivity index (χ2v) is 9.07. The predicted octanol–water partition coefficient (Wildman–Crippen LogP) is 3.53. The molecular formula is C20H26N4O2S. The molecule has 1 saturated carbocycles. The molecular weight excluding hydrogens is 360 g/mol. The Morgan fingerprint density at radius 3 is 2.85 bits per heavy atom. The van der Waals surface area contributed by atoms with E-state index in [0.717, 1.165) is 62.7 Å². The van der Waals surface area contributed by atoms with Crippen LogP contribution in [-0.2, 0) is 12.8 Å². The van der Waals surface area contributed by atoms with Gasteiger partial charge in [-0.2, -0.15) is 4.98 Å². The first kappa shape index (κ1) is 17.2. The highest BCUT2D eigenvalue weighted by Crippen LogP contribution is 2.39. The number of piperidine rings is 1. The van der Waals surface area contributed by atoms with Gasteiger partial charge in [0.2, 0.25) is 5.89 Å². The number of carbonyl (C=O) groups excluding carboxylic acids is 1. The van der Waals surface area contributed by atoms with Gasteiger partial charge < -0.3 is 14.7 Å². The topological polar surface area (TPSA) is 71.3 Å². The number of anilines is 1. The fraction of sp³-hybridized carbons (Fsp3) is 0.650. The first-order valence-electron chi connectivity index (χ1n) is 10.2. The standard InChI is InChI=1S/C20H26N4O2S/c25-18(16-12-27-17-4-2-1-3-15(16)17)21-11-13-7-9-24(10-8-13)20-22-19(26-23-20)14-5-6-14/h12-14H,1-11H2,(H,21,25). The van der Waals surface area contributed by atoms with E-state index in [2.05, 4.69) is 25.7 Å². The van der Waals surface area contributed by atoms with Crippen LogP contribution in [0.25, 0.3) is 0 Å². The monoisotopic (exact) mass is 386 g/mol. The van der Waals surface area contributed by atoms with Crippen molar-refractivity contribution in [3.63, 3.8) is 0 Å². The Balaban J connectivity index is 1.12. The van der Waals surface area contributed by atoms with E-state index in [1.807, 2.05) is 0 Å². The normalized spacial score (nSPS) is 20.5. The van der Waals surface area contributed by atoms with Gasteiger partial charge in [-0.1, -0.05) is 0 Å². The molecule has 5 rings (SSSR count). The van der Waals surface area contributed by atoms with E-state index in [9.17, 15) is 4.79 Å². The zero-order valence-corrected chi connectivity index (χ0v) is 16.4. The summed E-state index contributed by atoms with van der Waals surface area (Å²) < 4.78 is 5.38. The van der Waals surface area contributed by atoms with E-state index in [1.165, 1.54) is 36.1 Å². The third kappa shape index (κ3) is 3.61. The van der Waals surface area contributed by atoms with Crippen molar-refractivity contribution < 1.29 is 9.32 Å². The maximum Gasteiger partial charge on any atom is 0.266 e. The minimum absolute atomic E-state index is 0.115. The summed E-state index contributed by atoms with van der Waals surface area (Å²) >= 11 is 1.76. The van der Waals surface area contributed by atoms with Crippen LogP contribution in [-0.4, -0.2) is 35.7 Å². The number of thiophene rings is 1. The van der Waals surface area contributed by atoms with E-state index in [1.54, 1.807) is 11.3 Å². The van der Waals surface area contributed by atoms with Gasteiger partial charge in [-0.15, -0.1) is 11.3 Å². The third-order valence-electron chi connectivity index (χ3n) is 6.11. The largest absolute Gasteiger partial charge is 0.352 e. The molecule has 0 radical (unpaired) electrons. The van der Waals surface area contributed by atoms with Crippen LogP contribution in [0.4, 0.5) is 5.95 Å². The van der Waals surface area contributed by atoms with Gasteiger partial charge in [-0.3, -0.25) is 4.79 Å². The zero-order chi connectivity index (χ0) is 18.2. The van der Waals surface area contributed by atoms with E-state index < -0.39 is 0 Å². The summed E-state index contributed by atoms with van der Waals surface area (Å²) in [6.07, 6.45) is 9.13. The van der Waals surface area contributed by atoms with E-state index >= 15 is 0 Å². The molecule has 3 aliphatic rings. The van der Waals surface area contributed by atoms with Crippen molar-refractivity contribution in [2.24, 2.45) is 5.92 Å². The molecule has 1 amide bonds. The highest BCUT2D eigenvalue weighted by molar-refractivity contribution is 7.10. The van der Waals surface area contributed by atoms with Gasteiger partial charge >= 0.3 is 0 Å². The summed E-state index contributed by atoms with van der Waals surface area (Å²) in [7, 11) is 0. The molecule has 3 heterocycles. The Bertz CT molecular complexity index is 818. The van der Waals surface area contributed by atoms with Crippen LogP contribution in [0.1, 0.15) is 71.1 Å². The molecule has 0 aromatic carbocycles. The third-order valence-corrected chi connectivity index (χ3v) is 7.20. The number of rotatable bonds is 5. The van der Waals surface area contributed by atoms with Crippen LogP contribution in [0.2, 0.25) is 0 Å². The fourth-order valence-electron chi connectivity index (χ4n) is 4.21. The van der Waals surface area contributed by atoms with Gasteiger partial charge in [-0.05, 0) is 68.0 Å². The number of nitrogens with zero attached hydrogens (tertiary/aromatic N) is 3. The van der Waals surface area contributed by atoms with Crippen LogP contribution in [0.15, 0.2) is 9.90 Å². The molecule has 2 aliphatic carbocycles. The number of amides is 1. The Labute approximate surface area is 163 Å². The van der Waals surface area contributed by atoms with Crippen LogP contribution < -0.4 is 10.2 Å². The summed E-state index contributed by atoms with van der Waals surface area (Å²) in [5.74, 6) is 2.68. The SMILES string of the molecule is O=C(NCC1CCN(c2noc(C3CC3)n2)CC1)c1csc2c1CCCC2. The molecule has 6 nitrogen and oxygen atoms in total. The molecule has 144 valence electrons. The van der Waals surface area contributed by atoms with E-state index in [0.29, 0.717) is 11.8 Å². The average molecular weight is 387 g/mol. The predicted molar refractivity (Wildman–Crippen MR) is 105 cm³/mol. The maximum atomic E-state index is 12.6. The number of fused-ring (bicyclic) bond motifs is 1. The summed E-state index contributed by atoms with van der Waals surface area (Å²) in [6, 6.07) is 0. The lowest BCUT2D eigenvalue weighted by atomic mass is 9.95. The lowest BCUT2D eigenvalue weighted by Gasteiger charge is -2.30. The number of hydrogen-bond acceptors (Lipinski definition) is 6. The van der Waals surface area contributed by atoms with E-state index in [4.69, 9.17) is 4.52 Å². The van der Waals surface area contributed by atoms with Gasteiger partial charge in [0.05, 0.1) is 5.56 Å². The first-order valence-corrected chi connectivity index (χ1v) is 11.1. The molecule has 1 aliphatic heterocycles. The fourth-order valence-corrected chi connectivity index (χ4v) is 5.33. The molecule has 0 bridgehead atoms. The number of nitrogens with one attached hydrogen (secondary N) is 1. The van der Waals surface area contributed by atoms with Gasteiger partial charge in [-0.25, -0.2) is 0 Å². The zero-order valence-electron chi connectivity index (χ0n) is 15.6. The highest BCUT2D eigenvalue weighted by Gasteiger charge is 2.31. The molecule has 27 heavy (non-hydrogen) atoms. The molecule has 1 saturated heterocycles. The molecule has 1 N–H and O–H groups in total. The van der Waals surface area contributed by atoms with Crippen LogP contribution in [0.3, 0.4) is 0 Å². The Morgan fingerprint density at radius 1 is 1.22 bits per heavy atom. The molecule has 2 fully saturated rings. The summed E-state index contributed by atoms with van der Waals surface area (Å²) in [6.45, 7) is 2.62. The second-order valence-electron chi connectivity index (χ2n) is 8.11. The van der Waals surface area contributed by atoms with Crippen molar-refractivity contribution in [2.45, 2.75) is 57.3 Å². The number of hydrogen-bond donors (Lipinski definition) is 1. The lowest BCUT2D eigenvalue weighted by Crippen LogP contribution is -2.39. The number of aromatic nitrogens is 2. The molecule has 0 unspecified atom stereocenters. The van der Waals surface area contributed by atoms with Crippen molar-refractivity contribution in [3.8, 4) is 0 Å². The van der Waals surface area contributed by atoms with Crippen LogP contribution in [0.5, 0.6) is 0 Å². The van der Waals surface area contributed by atoms with Crippen molar-refractivity contribution in [1.82, 2.24) is 15.5 Å². The highest BCUT2D eigenvalue weighted by atomic mass is 32.1. The van der Waals surface area contributed by atoms with Crippen LogP contribution in [0, 0.1) is 5.92 Å². The van der Waals surface area contributed by atoms with Gasteiger partial charge in [0.25, 0.3) is 11.9 Å². The second kappa shape index (κ2) is 7.26. The van der Waals surface area contributed by atoms with Crippen molar-refractivity contribution in [2.75, 3.05) is 24.5 Å². The smallest absolute Gasteiger partial charge is 0.266 e. The summed E-state index contributed by atoms with van der Waals surface area (Å²) in [5.41, 5.74) is 2.23. The molecule has 0 atom stereocenters. The van der Waals surface area contributed by atoms with Crippen molar-refractivity contribution in [1.29, 1.82) is 0 Å². The molecule has 2 aromatic heterocycles. The lowest BCUT2D eigenvalue weighted by molar-refractivity contribution is 0.0944. The van der Waals surface area contributed by atoms with Crippen LogP contribution >= 0.6 is 11.3 Å². The quantitative estimate of drug-likeness (QED) is 0.851. The average Bonchev–Trinajstić information content (AvgIpc) is 3.28. The Kier molecular flexibility index (Phi) is 4.63. The molecule has 7 heteroatoms. The first-order chi connectivity index (χ1) is 13.3. The number of aryl methyl sites for hydroxylation is 1. The molecule has 0 spiro atoms. The Morgan fingerprint density at radius 2 is 2.04 bits per heavy atom. The van der Waals surface area contributed by atoms with Crippen molar-refractivity contribution >= 4 is 23.2 Å².